The lowest BCUT2D eigenvalue weighted by Gasteiger charge is -2.31. The highest BCUT2D eigenvalue weighted by Crippen LogP contribution is 2.26. The molecular formula is C14H24N2O3. The van der Waals surface area contributed by atoms with Crippen molar-refractivity contribution in [2.24, 2.45) is 5.41 Å². The topological polar surface area (TPSA) is 60.9 Å². The maximum Gasteiger partial charge on any atom is 0.303 e. The molecule has 0 aromatic rings. The van der Waals surface area contributed by atoms with Crippen LogP contribution in [0.25, 0.3) is 0 Å². The van der Waals surface area contributed by atoms with Crippen LogP contribution in [0, 0.1) is 5.41 Å². The van der Waals surface area contributed by atoms with E-state index in [1.165, 1.54) is 0 Å². The number of amides is 1. The van der Waals surface area contributed by atoms with Crippen LogP contribution in [0.4, 0.5) is 0 Å². The Labute approximate surface area is 114 Å². The molecule has 0 spiro atoms. The number of aliphatic carboxylic acids is 1. The molecule has 1 N–H and O–H groups in total. The van der Waals surface area contributed by atoms with E-state index in [9.17, 15) is 9.59 Å². The molecule has 0 aromatic carbocycles. The molecule has 1 aliphatic rings. The Balaban J connectivity index is 2.93. The van der Waals surface area contributed by atoms with Crippen LogP contribution in [0.5, 0.6) is 0 Å². The highest BCUT2D eigenvalue weighted by molar-refractivity contribution is 5.82. The van der Waals surface area contributed by atoms with E-state index in [2.05, 4.69) is 20.4 Å². The molecule has 1 atom stereocenters. The maximum absolute atomic E-state index is 12.4. The van der Waals surface area contributed by atoms with E-state index in [-0.39, 0.29) is 23.8 Å². The van der Waals surface area contributed by atoms with E-state index in [1.807, 2.05) is 4.90 Å². The summed E-state index contributed by atoms with van der Waals surface area (Å²) in [5.74, 6) is -0.855. The molecule has 19 heavy (non-hydrogen) atoms. The zero-order valence-corrected chi connectivity index (χ0v) is 12.1. The normalized spacial score (nSPS) is 24.1. The third kappa shape index (κ3) is 4.35. The van der Waals surface area contributed by atoms with Crippen molar-refractivity contribution >= 4 is 11.9 Å². The number of carboxylic acid groups (broad SMARTS) is 1. The molecule has 1 fully saturated rings. The fourth-order valence-electron chi connectivity index (χ4n) is 2.76. The first-order chi connectivity index (χ1) is 8.76. The van der Waals surface area contributed by atoms with Crippen LogP contribution in [0.3, 0.4) is 0 Å². The third-order valence-electron chi connectivity index (χ3n) is 3.39. The molecule has 0 saturated carbocycles. The lowest BCUT2D eigenvalue weighted by atomic mass is 9.92. The fourth-order valence-corrected chi connectivity index (χ4v) is 2.76. The van der Waals surface area contributed by atoms with E-state index < -0.39 is 5.97 Å². The minimum atomic E-state index is -0.863. The van der Waals surface area contributed by atoms with Crippen LogP contribution in [-0.2, 0) is 9.59 Å². The molecule has 0 radical (unpaired) electrons. The summed E-state index contributed by atoms with van der Waals surface area (Å²) in [5, 5.41) is 8.82. The van der Waals surface area contributed by atoms with Crippen LogP contribution in [0.2, 0.25) is 0 Å². The Morgan fingerprint density at radius 1 is 1.53 bits per heavy atom. The van der Waals surface area contributed by atoms with Gasteiger partial charge in [-0.1, -0.05) is 19.9 Å². The quantitative estimate of drug-likeness (QED) is 0.761. The van der Waals surface area contributed by atoms with Gasteiger partial charge in [-0.2, -0.15) is 0 Å². The van der Waals surface area contributed by atoms with E-state index in [1.54, 1.807) is 18.0 Å². The van der Waals surface area contributed by atoms with Gasteiger partial charge in [0.15, 0.2) is 0 Å². The van der Waals surface area contributed by atoms with Crippen molar-refractivity contribution in [1.29, 1.82) is 0 Å². The average molecular weight is 268 g/mol. The van der Waals surface area contributed by atoms with Gasteiger partial charge in [0.25, 0.3) is 0 Å². The van der Waals surface area contributed by atoms with Crippen LogP contribution in [0.1, 0.15) is 26.7 Å². The minimum absolute atomic E-state index is 0.00803. The standard InChI is InChI=1S/C14H24N2O3/c1-5-8-16-10-14(2,3)9-15(4)13(19)11(16)6-7-12(17)18/h5,11H,1,6-10H2,2-4H3,(H,17,18). The average Bonchev–Trinajstić information content (AvgIpc) is 2.34. The van der Waals surface area contributed by atoms with Crippen molar-refractivity contribution in [2.45, 2.75) is 32.7 Å². The summed E-state index contributed by atoms with van der Waals surface area (Å²) >= 11 is 0. The first-order valence-electron chi connectivity index (χ1n) is 6.58. The molecule has 1 amide bonds. The monoisotopic (exact) mass is 268 g/mol. The first kappa shape index (κ1) is 15.7. The second-order valence-electron chi connectivity index (χ2n) is 6.02. The third-order valence-corrected chi connectivity index (χ3v) is 3.39. The van der Waals surface area contributed by atoms with Gasteiger partial charge in [-0.3, -0.25) is 14.5 Å². The lowest BCUT2D eigenvalue weighted by molar-refractivity contribution is -0.138. The van der Waals surface area contributed by atoms with Crippen molar-refractivity contribution in [1.82, 2.24) is 9.80 Å². The summed E-state index contributed by atoms with van der Waals surface area (Å²) in [6, 6.07) is -0.360. The molecule has 108 valence electrons. The van der Waals surface area contributed by atoms with Gasteiger partial charge >= 0.3 is 5.97 Å². The van der Waals surface area contributed by atoms with Gasteiger partial charge in [-0.25, -0.2) is 0 Å². The zero-order chi connectivity index (χ0) is 14.6. The maximum atomic E-state index is 12.4. The summed E-state index contributed by atoms with van der Waals surface area (Å²) in [6.45, 7) is 10.0. The fraction of sp³-hybridized carbons (Fsp3) is 0.714. The van der Waals surface area contributed by atoms with E-state index in [0.717, 1.165) is 6.54 Å². The number of carbonyl (C=O) groups is 2. The summed E-state index contributed by atoms with van der Waals surface area (Å²) in [5.41, 5.74) is -0.00854. The van der Waals surface area contributed by atoms with Crippen molar-refractivity contribution in [3.63, 3.8) is 0 Å². The molecular weight excluding hydrogens is 244 g/mol. The molecule has 1 aliphatic heterocycles. The number of hydrogen-bond donors (Lipinski definition) is 1. The lowest BCUT2D eigenvalue weighted by Crippen LogP contribution is -2.45. The van der Waals surface area contributed by atoms with Gasteiger partial charge in [0.2, 0.25) is 5.91 Å². The number of rotatable bonds is 5. The highest BCUT2D eigenvalue weighted by atomic mass is 16.4. The number of hydrogen-bond acceptors (Lipinski definition) is 3. The van der Waals surface area contributed by atoms with Crippen molar-refractivity contribution in [2.75, 3.05) is 26.7 Å². The van der Waals surface area contributed by atoms with E-state index >= 15 is 0 Å². The molecule has 1 unspecified atom stereocenters. The van der Waals surface area contributed by atoms with Crippen LogP contribution in [0.15, 0.2) is 12.7 Å². The van der Waals surface area contributed by atoms with Gasteiger partial charge in [-0.05, 0) is 11.8 Å². The predicted octanol–water partition coefficient (Wildman–Crippen LogP) is 1.21. The molecule has 1 heterocycles. The molecule has 5 heteroatoms. The molecule has 5 nitrogen and oxygen atoms in total. The zero-order valence-electron chi connectivity index (χ0n) is 12.1. The molecule has 0 aliphatic carbocycles. The van der Waals surface area contributed by atoms with Gasteiger partial charge in [0.1, 0.15) is 0 Å². The summed E-state index contributed by atoms with van der Waals surface area (Å²) in [7, 11) is 1.79. The largest absolute Gasteiger partial charge is 0.481 e. The smallest absolute Gasteiger partial charge is 0.303 e. The van der Waals surface area contributed by atoms with E-state index in [4.69, 9.17) is 5.11 Å². The molecule has 1 saturated heterocycles. The summed E-state index contributed by atoms with van der Waals surface area (Å²) in [4.78, 5) is 26.9. The second kappa shape index (κ2) is 6.19. The molecule has 0 bridgehead atoms. The van der Waals surface area contributed by atoms with Crippen LogP contribution in [-0.4, -0.2) is 59.5 Å². The number of carboxylic acids is 1. The number of carbonyl (C=O) groups excluding carboxylic acids is 1. The van der Waals surface area contributed by atoms with Crippen molar-refractivity contribution < 1.29 is 14.7 Å². The Kier molecular flexibility index (Phi) is 5.11. The van der Waals surface area contributed by atoms with E-state index in [0.29, 0.717) is 19.5 Å². The Morgan fingerprint density at radius 3 is 2.68 bits per heavy atom. The van der Waals surface area contributed by atoms with Crippen LogP contribution >= 0.6 is 0 Å². The van der Waals surface area contributed by atoms with Crippen LogP contribution < -0.4 is 0 Å². The molecule has 1 rings (SSSR count). The predicted molar refractivity (Wildman–Crippen MR) is 73.8 cm³/mol. The van der Waals surface area contributed by atoms with Gasteiger partial charge in [0.05, 0.1) is 6.04 Å². The SMILES string of the molecule is C=CCN1CC(C)(C)CN(C)C(=O)C1CCC(=O)O. The Hall–Kier alpha value is -1.36. The van der Waals surface area contributed by atoms with Gasteiger partial charge < -0.3 is 10.0 Å². The second-order valence-corrected chi connectivity index (χ2v) is 6.02. The number of nitrogens with zero attached hydrogens (tertiary/aromatic N) is 2. The van der Waals surface area contributed by atoms with Gasteiger partial charge in [0, 0.05) is 33.1 Å². The van der Waals surface area contributed by atoms with Crippen molar-refractivity contribution in [3.05, 3.63) is 12.7 Å². The molecule has 0 aromatic heterocycles. The summed E-state index contributed by atoms with van der Waals surface area (Å²) < 4.78 is 0. The Morgan fingerprint density at radius 2 is 2.16 bits per heavy atom. The highest BCUT2D eigenvalue weighted by Gasteiger charge is 2.37. The Bertz CT molecular complexity index is 366. The minimum Gasteiger partial charge on any atom is -0.481 e. The first-order valence-corrected chi connectivity index (χ1v) is 6.58. The van der Waals surface area contributed by atoms with Gasteiger partial charge in [-0.15, -0.1) is 6.58 Å². The summed E-state index contributed by atoms with van der Waals surface area (Å²) in [6.07, 6.45) is 2.13. The number of likely N-dealkylation sites (N-methyl/N-ethyl adjacent to an activating group) is 1. The van der Waals surface area contributed by atoms with Crippen molar-refractivity contribution in [3.8, 4) is 0 Å².